The predicted molar refractivity (Wildman–Crippen MR) is 154 cm³/mol. The van der Waals surface area contributed by atoms with Crippen LogP contribution in [0.1, 0.15) is 18.1 Å². The van der Waals surface area contributed by atoms with Gasteiger partial charge in [-0.25, -0.2) is 0 Å². The molecule has 11 heteroatoms. The number of anilines is 1. The maximum Gasteiger partial charge on any atom is 0.270 e. The molecule has 1 saturated heterocycles. The number of nitrogens with zero attached hydrogens (tertiary/aromatic N) is 1. The zero-order chi connectivity index (χ0) is 26.7. The van der Waals surface area contributed by atoms with E-state index in [4.69, 9.17) is 56.5 Å². The van der Waals surface area contributed by atoms with Gasteiger partial charge < -0.3 is 9.47 Å². The lowest BCUT2D eigenvalue weighted by Crippen LogP contribution is -2.54. The van der Waals surface area contributed by atoms with Crippen LogP contribution in [0.25, 0.3) is 6.08 Å². The first-order chi connectivity index (χ1) is 17.7. The molecule has 1 aliphatic rings. The maximum absolute atomic E-state index is 13.3. The zero-order valence-electron chi connectivity index (χ0n) is 19.2. The molecule has 4 rings (SSSR count). The van der Waals surface area contributed by atoms with Crippen LogP contribution < -0.4 is 19.7 Å². The van der Waals surface area contributed by atoms with Gasteiger partial charge in [0.1, 0.15) is 12.2 Å². The van der Waals surface area contributed by atoms with E-state index < -0.39 is 11.8 Å². The summed E-state index contributed by atoms with van der Waals surface area (Å²) in [5.41, 5.74) is 1.61. The lowest BCUT2D eigenvalue weighted by Gasteiger charge is -2.29. The van der Waals surface area contributed by atoms with Crippen LogP contribution in [-0.2, 0) is 16.2 Å². The fourth-order valence-corrected chi connectivity index (χ4v) is 5.04. The molecule has 0 saturated carbocycles. The lowest BCUT2D eigenvalue weighted by atomic mass is 10.1. The Morgan fingerprint density at radius 3 is 2.49 bits per heavy atom. The van der Waals surface area contributed by atoms with Crippen molar-refractivity contribution >= 4 is 91.6 Å². The van der Waals surface area contributed by atoms with Gasteiger partial charge in [0.15, 0.2) is 16.6 Å². The Labute approximate surface area is 242 Å². The number of amides is 2. The summed E-state index contributed by atoms with van der Waals surface area (Å²) >= 11 is 27.1. The van der Waals surface area contributed by atoms with Crippen LogP contribution in [-0.4, -0.2) is 23.5 Å². The summed E-state index contributed by atoms with van der Waals surface area (Å²) in [7, 11) is 0. The van der Waals surface area contributed by atoms with E-state index in [1.54, 1.807) is 54.6 Å². The van der Waals surface area contributed by atoms with Crippen molar-refractivity contribution in [1.29, 1.82) is 0 Å². The Hall–Kier alpha value is -2.62. The summed E-state index contributed by atoms with van der Waals surface area (Å²) in [6.45, 7) is 2.36. The molecule has 1 N–H and O–H groups in total. The number of carbonyl (C=O) groups excluding carboxylic acids is 2. The summed E-state index contributed by atoms with van der Waals surface area (Å²) in [4.78, 5) is 27.3. The van der Waals surface area contributed by atoms with Gasteiger partial charge in [0.05, 0.1) is 16.8 Å². The highest BCUT2D eigenvalue weighted by molar-refractivity contribution is 9.10. The highest BCUT2D eigenvalue weighted by Gasteiger charge is 2.34. The Balaban J connectivity index is 1.66. The van der Waals surface area contributed by atoms with E-state index in [1.807, 2.05) is 6.92 Å². The fourth-order valence-electron chi connectivity index (χ4n) is 3.54. The Bertz CT molecular complexity index is 1450. The molecule has 0 unspecified atom stereocenters. The molecule has 1 fully saturated rings. The first-order valence-electron chi connectivity index (χ1n) is 10.9. The summed E-state index contributed by atoms with van der Waals surface area (Å²) in [6.07, 6.45) is 1.46. The molecular formula is C26H18BrCl3N2O4S. The van der Waals surface area contributed by atoms with Gasteiger partial charge in [0.25, 0.3) is 11.8 Å². The molecule has 37 heavy (non-hydrogen) atoms. The smallest absolute Gasteiger partial charge is 0.270 e. The van der Waals surface area contributed by atoms with Crippen LogP contribution in [0.2, 0.25) is 15.1 Å². The average molecular weight is 641 g/mol. The largest absolute Gasteiger partial charge is 0.490 e. The molecule has 3 aromatic rings. The van der Waals surface area contributed by atoms with E-state index in [9.17, 15) is 9.59 Å². The number of halogens is 4. The first kappa shape index (κ1) is 27.4. The minimum absolute atomic E-state index is 0.0322. The number of hydrogen-bond donors (Lipinski definition) is 1. The summed E-state index contributed by atoms with van der Waals surface area (Å²) in [5, 5.41) is 3.96. The van der Waals surface area contributed by atoms with Gasteiger partial charge in [-0.15, -0.1) is 0 Å². The SMILES string of the molecule is CCOc1cc(/C=C2\C(=O)NC(=S)N(c3cccc(Cl)c3)C2=O)cc(Br)c1OCc1ccc(Cl)cc1Cl. The second-order valence-electron chi connectivity index (χ2n) is 7.73. The van der Waals surface area contributed by atoms with E-state index >= 15 is 0 Å². The number of carbonyl (C=O) groups is 2. The molecule has 0 bridgehead atoms. The molecule has 0 aliphatic carbocycles. The molecule has 2 amide bonds. The summed E-state index contributed by atoms with van der Waals surface area (Å²) in [6, 6.07) is 15.2. The number of thiocarbonyl (C=S) groups is 1. The van der Waals surface area contributed by atoms with E-state index in [0.717, 1.165) is 5.56 Å². The topological polar surface area (TPSA) is 67.9 Å². The maximum atomic E-state index is 13.3. The Kier molecular flexibility index (Phi) is 8.77. The molecule has 190 valence electrons. The number of benzene rings is 3. The summed E-state index contributed by atoms with van der Waals surface area (Å²) < 4.78 is 12.4. The number of nitrogens with one attached hydrogen (secondary N) is 1. The van der Waals surface area contributed by atoms with Crippen LogP contribution in [0.3, 0.4) is 0 Å². The fraction of sp³-hybridized carbons (Fsp3) is 0.115. The summed E-state index contributed by atoms with van der Waals surface area (Å²) in [5.74, 6) is -0.335. The normalized spacial score (nSPS) is 14.7. The average Bonchev–Trinajstić information content (AvgIpc) is 2.82. The number of rotatable bonds is 7. The van der Waals surface area contributed by atoms with Crippen molar-refractivity contribution < 1.29 is 19.1 Å². The van der Waals surface area contributed by atoms with E-state index in [-0.39, 0.29) is 17.3 Å². The minimum Gasteiger partial charge on any atom is -0.490 e. The van der Waals surface area contributed by atoms with Crippen LogP contribution in [0, 0.1) is 0 Å². The molecule has 0 atom stereocenters. The van der Waals surface area contributed by atoms with Gasteiger partial charge in [-0.3, -0.25) is 19.8 Å². The van der Waals surface area contributed by atoms with Gasteiger partial charge in [0, 0.05) is 20.6 Å². The van der Waals surface area contributed by atoms with Crippen molar-refractivity contribution in [3.8, 4) is 11.5 Å². The van der Waals surface area contributed by atoms with Crippen molar-refractivity contribution in [2.75, 3.05) is 11.5 Å². The van der Waals surface area contributed by atoms with E-state index in [0.29, 0.717) is 48.9 Å². The second-order valence-corrected chi connectivity index (χ2v) is 10.2. The number of hydrogen-bond acceptors (Lipinski definition) is 5. The molecule has 0 radical (unpaired) electrons. The van der Waals surface area contributed by atoms with Crippen LogP contribution in [0.15, 0.2) is 64.6 Å². The van der Waals surface area contributed by atoms with Gasteiger partial charge in [-0.05, 0) is 89.2 Å². The molecular weight excluding hydrogens is 623 g/mol. The molecule has 1 heterocycles. The first-order valence-corrected chi connectivity index (χ1v) is 13.2. The predicted octanol–water partition coefficient (Wildman–Crippen LogP) is 7.22. The molecule has 1 aliphatic heterocycles. The Morgan fingerprint density at radius 2 is 1.78 bits per heavy atom. The molecule has 0 spiro atoms. The highest BCUT2D eigenvalue weighted by Crippen LogP contribution is 2.39. The van der Waals surface area contributed by atoms with Gasteiger partial charge in [-0.1, -0.05) is 46.9 Å². The van der Waals surface area contributed by atoms with Crippen molar-refractivity contribution in [2.45, 2.75) is 13.5 Å². The third kappa shape index (κ3) is 6.27. The van der Waals surface area contributed by atoms with E-state index in [1.165, 1.54) is 11.0 Å². The third-order valence-electron chi connectivity index (χ3n) is 5.20. The quantitative estimate of drug-likeness (QED) is 0.168. The van der Waals surface area contributed by atoms with Gasteiger partial charge in [-0.2, -0.15) is 0 Å². The van der Waals surface area contributed by atoms with Crippen molar-refractivity contribution in [2.24, 2.45) is 0 Å². The third-order valence-corrected chi connectivity index (χ3v) is 6.89. The van der Waals surface area contributed by atoms with Crippen molar-refractivity contribution in [1.82, 2.24) is 5.32 Å². The Morgan fingerprint density at radius 1 is 1.03 bits per heavy atom. The van der Waals surface area contributed by atoms with Gasteiger partial charge >= 0.3 is 0 Å². The monoisotopic (exact) mass is 638 g/mol. The van der Waals surface area contributed by atoms with Crippen molar-refractivity contribution in [3.63, 3.8) is 0 Å². The number of ether oxygens (including phenoxy) is 2. The van der Waals surface area contributed by atoms with Crippen molar-refractivity contribution in [3.05, 3.63) is 90.8 Å². The zero-order valence-corrected chi connectivity index (χ0v) is 23.9. The van der Waals surface area contributed by atoms with Crippen LogP contribution in [0.5, 0.6) is 11.5 Å². The minimum atomic E-state index is -0.611. The standard InChI is InChI=1S/C26H18BrCl3N2O4S/c1-2-35-22-10-14(9-20(27)23(22)36-13-15-6-7-17(29)12-21(15)30)8-19-24(33)31-26(37)32(25(19)34)18-5-3-4-16(28)11-18/h3-12H,2,13H2,1H3,(H,31,33,37)/b19-8+. The highest BCUT2D eigenvalue weighted by atomic mass is 79.9. The van der Waals surface area contributed by atoms with Crippen LogP contribution >= 0.6 is 63.0 Å². The van der Waals surface area contributed by atoms with Gasteiger partial charge in [0.2, 0.25) is 0 Å². The molecule has 3 aromatic carbocycles. The van der Waals surface area contributed by atoms with Crippen LogP contribution in [0.4, 0.5) is 5.69 Å². The van der Waals surface area contributed by atoms with E-state index in [2.05, 4.69) is 21.2 Å². The lowest BCUT2D eigenvalue weighted by molar-refractivity contribution is -0.122. The molecule has 6 nitrogen and oxygen atoms in total. The second kappa shape index (κ2) is 11.8. The molecule has 0 aromatic heterocycles.